The lowest BCUT2D eigenvalue weighted by Gasteiger charge is -2.20. The average molecular weight is 414 g/mol. The summed E-state index contributed by atoms with van der Waals surface area (Å²) in [6, 6.07) is 7.09. The van der Waals surface area contributed by atoms with Crippen LogP contribution in [-0.2, 0) is 10.3 Å². The van der Waals surface area contributed by atoms with E-state index in [2.05, 4.69) is 21.8 Å². The van der Waals surface area contributed by atoms with E-state index in [-0.39, 0.29) is 11.1 Å². The number of nitrogens with zero attached hydrogens (tertiary/aromatic N) is 4. The number of anilines is 1. The van der Waals surface area contributed by atoms with Crippen LogP contribution in [0.15, 0.2) is 46.5 Å². The van der Waals surface area contributed by atoms with Crippen molar-refractivity contribution in [2.24, 2.45) is 21.5 Å². The molecule has 9 heteroatoms. The van der Waals surface area contributed by atoms with Gasteiger partial charge in [0.05, 0.1) is 5.54 Å². The Morgan fingerprint density at radius 3 is 2.40 bits per heavy atom. The van der Waals surface area contributed by atoms with Crippen molar-refractivity contribution in [3.05, 3.63) is 42.1 Å². The molecule has 30 heavy (non-hydrogen) atoms. The van der Waals surface area contributed by atoms with Crippen LogP contribution in [0.5, 0.6) is 0 Å². The topological polar surface area (TPSA) is 147 Å². The third-order valence-electron chi connectivity index (χ3n) is 3.75. The molecule has 162 valence electrons. The fourth-order valence-corrected chi connectivity index (χ4v) is 2.39. The highest BCUT2D eigenvalue weighted by Crippen LogP contribution is 2.34. The zero-order valence-electron chi connectivity index (χ0n) is 18.0. The molecule has 0 aliphatic carbocycles. The van der Waals surface area contributed by atoms with Gasteiger partial charge in [0.15, 0.2) is 5.82 Å². The van der Waals surface area contributed by atoms with Gasteiger partial charge in [-0.3, -0.25) is 9.79 Å². The van der Waals surface area contributed by atoms with Gasteiger partial charge in [0, 0.05) is 24.1 Å². The van der Waals surface area contributed by atoms with Gasteiger partial charge < -0.3 is 21.9 Å². The monoisotopic (exact) mass is 413 g/mol. The second-order valence-corrected chi connectivity index (χ2v) is 7.11. The highest BCUT2D eigenvalue weighted by molar-refractivity contribution is 6.03. The van der Waals surface area contributed by atoms with Gasteiger partial charge >= 0.3 is 0 Å². The third-order valence-corrected chi connectivity index (χ3v) is 3.75. The van der Waals surface area contributed by atoms with E-state index in [4.69, 9.17) is 21.9 Å². The third kappa shape index (κ3) is 6.85. The largest absolute Gasteiger partial charge is 0.405 e. The van der Waals surface area contributed by atoms with E-state index in [0.717, 1.165) is 5.56 Å². The van der Waals surface area contributed by atoms with Gasteiger partial charge in [-0.25, -0.2) is 9.67 Å². The molecule has 0 saturated heterocycles. The lowest BCUT2D eigenvalue weighted by atomic mass is 10.1. The number of ether oxygens (including phenoxy) is 1. The molecule has 0 atom stereocenters. The first-order chi connectivity index (χ1) is 14.2. The molecule has 2 aromatic rings. The first kappa shape index (κ1) is 24.6. The molecule has 0 bridgehead atoms. The number of nitrogens with two attached hydrogens (primary N) is 3. The summed E-state index contributed by atoms with van der Waals surface area (Å²) in [6.07, 6.45) is 4.68. The normalized spacial score (nSPS) is 11.5. The Balaban J connectivity index is 0.000000424. The molecule has 6 N–H and O–H groups in total. The van der Waals surface area contributed by atoms with Crippen molar-refractivity contribution < 1.29 is 9.53 Å². The zero-order chi connectivity index (χ0) is 22.7. The van der Waals surface area contributed by atoms with Crippen LogP contribution in [0.1, 0.15) is 38.1 Å². The minimum atomic E-state index is -0.584. The Morgan fingerprint density at radius 1 is 1.30 bits per heavy atom. The molecule has 0 aliphatic heterocycles. The SMILES string of the molecule is C=Nc1c(C(N)=O)c(-c2ccc(N)cc2)nn1C(C)(C)C.CCOC/N=C\C=C\N. The van der Waals surface area contributed by atoms with Crippen LogP contribution < -0.4 is 17.2 Å². The van der Waals surface area contributed by atoms with Gasteiger partial charge in [-0.2, -0.15) is 5.10 Å². The Morgan fingerprint density at radius 2 is 1.93 bits per heavy atom. The van der Waals surface area contributed by atoms with Crippen LogP contribution in [0.4, 0.5) is 11.5 Å². The van der Waals surface area contributed by atoms with E-state index in [1.54, 1.807) is 41.2 Å². The van der Waals surface area contributed by atoms with Gasteiger partial charge in [-0.15, -0.1) is 0 Å². The Labute approximate surface area is 177 Å². The summed E-state index contributed by atoms with van der Waals surface area (Å²) in [7, 11) is 0. The molecule has 1 amide bonds. The summed E-state index contributed by atoms with van der Waals surface area (Å²) in [5.74, 6) is -0.207. The first-order valence-corrected chi connectivity index (χ1v) is 9.37. The Hall–Kier alpha value is -3.46. The number of amides is 1. The highest BCUT2D eigenvalue weighted by Gasteiger charge is 2.27. The summed E-state index contributed by atoms with van der Waals surface area (Å²) in [4.78, 5) is 19.6. The second kappa shape index (κ2) is 11.5. The van der Waals surface area contributed by atoms with E-state index in [0.29, 0.717) is 30.5 Å². The van der Waals surface area contributed by atoms with Crippen molar-refractivity contribution in [3.63, 3.8) is 0 Å². The van der Waals surface area contributed by atoms with E-state index in [1.807, 2.05) is 27.7 Å². The first-order valence-electron chi connectivity index (χ1n) is 9.37. The lowest BCUT2D eigenvalue weighted by Crippen LogP contribution is -2.23. The maximum Gasteiger partial charge on any atom is 0.254 e. The number of carbonyl (C=O) groups excluding carboxylic acids is 1. The van der Waals surface area contributed by atoms with Crippen LogP contribution in [0.3, 0.4) is 0 Å². The molecule has 1 aromatic carbocycles. The minimum Gasteiger partial charge on any atom is -0.405 e. The molecular formula is C21H31N7O2. The molecule has 0 fully saturated rings. The number of benzene rings is 1. The molecule has 0 spiro atoms. The smallest absolute Gasteiger partial charge is 0.254 e. The van der Waals surface area contributed by atoms with Crippen LogP contribution >= 0.6 is 0 Å². The average Bonchev–Trinajstić information content (AvgIpc) is 3.09. The van der Waals surface area contributed by atoms with Crippen molar-refractivity contribution in [2.75, 3.05) is 19.1 Å². The van der Waals surface area contributed by atoms with Crippen LogP contribution in [0.2, 0.25) is 0 Å². The summed E-state index contributed by atoms with van der Waals surface area (Å²) in [6.45, 7) is 12.5. The van der Waals surface area contributed by atoms with Gasteiger partial charge in [-0.05, 0) is 58.8 Å². The zero-order valence-corrected chi connectivity index (χ0v) is 18.0. The van der Waals surface area contributed by atoms with Gasteiger partial charge in [-0.1, -0.05) is 12.1 Å². The van der Waals surface area contributed by atoms with E-state index >= 15 is 0 Å². The van der Waals surface area contributed by atoms with Crippen molar-refractivity contribution in [1.82, 2.24) is 9.78 Å². The quantitative estimate of drug-likeness (QED) is 0.363. The number of rotatable bonds is 7. The Kier molecular flexibility index (Phi) is 9.44. The van der Waals surface area contributed by atoms with E-state index in [1.165, 1.54) is 6.20 Å². The predicted molar refractivity (Wildman–Crippen MR) is 123 cm³/mol. The Bertz CT molecular complexity index is 891. The number of aliphatic imine (C=N–C) groups is 2. The summed E-state index contributed by atoms with van der Waals surface area (Å²) in [5.41, 5.74) is 18.0. The van der Waals surface area contributed by atoms with Crippen molar-refractivity contribution in [2.45, 2.75) is 33.2 Å². The molecule has 0 aliphatic rings. The summed E-state index contributed by atoms with van der Waals surface area (Å²) < 4.78 is 6.57. The molecule has 0 radical (unpaired) electrons. The van der Waals surface area contributed by atoms with Crippen molar-refractivity contribution in [3.8, 4) is 11.3 Å². The number of hydrogen-bond donors (Lipinski definition) is 3. The van der Waals surface area contributed by atoms with Gasteiger partial charge in [0.1, 0.15) is 18.0 Å². The molecule has 0 unspecified atom stereocenters. The van der Waals surface area contributed by atoms with Gasteiger partial charge in [0.25, 0.3) is 5.91 Å². The maximum absolute atomic E-state index is 11.8. The molecule has 2 rings (SSSR count). The number of carbonyl (C=O) groups is 1. The van der Waals surface area contributed by atoms with Gasteiger partial charge in [0.2, 0.25) is 0 Å². The fourth-order valence-electron chi connectivity index (χ4n) is 2.39. The molecule has 1 heterocycles. The van der Waals surface area contributed by atoms with Crippen LogP contribution in [0.25, 0.3) is 11.3 Å². The fraction of sp³-hybridized carbons (Fsp3) is 0.333. The standard InChI is InChI=1S/C15H19N5O.C6H12N2O/c1-15(2,3)20-14(18-4)11(13(17)21)12(19-20)9-5-7-10(16)8-6-9;1-2-9-6-8-5-3-4-7/h5-8H,4,16H2,1-3H3,(H2,17,21);3-5H,2,6-7H2,1H3/b;4-3+,8-5-. The molecule has 1 aromatic heterocycles. The molecular weight excluding hydrogens is 382 g/mol. The highest BCUT2D eigenvalue weighted by atomic mass is 16.5. The van der Waals surface area contributed by atoms with E-state index in [9.17, 15) is 4.79 Å². The predicted octanol–water partition coefficient (Wildman–Crippen LogP) is 2.84. The van der Waals surface area contributed by atoms with Crippen molar-refractivity contribution >= 4 is 30.3 Å². The number of allylic oxidation sites excluding steroid dienone is 1. The van der Waals surface area contributed by atoms with Crippen molar-refractivity contribution in [1.29, 1.82) is 0 Å². The summed E-state index contributed by atoms with van der Waals surface area (Å²) in [5, 5.41) is 4.51. The maximum atomic E-state index is 11.8. The lowest BCUT2D eigenvalue weighted by molar-refractivity contribution is 0.100. The number of hydrogen-bond acceptors (Lipinski definition) is 7. The molecule has 9 nitrogen and oxygen atoms in total. The van der Waals surface area contributed by atoms with Crippen LogP contribution in [0, 0.1) is 0 Å². The number of aromatic nitrogens is 2. The molecule has 0 saturated carbocycles. The number of nitrogen functional groups attached to an aromatic ring is 1. The minimum absolute atomic E-state index is 0.268. The summed E-state index contributed by atoms with van der Waals surface area (Å²) >= 11 is 0. The number of primary amides is 1. The second-order valence-electron chi connectivity index (χ2n) is 7.11. The van der Waals surface area contributed by atoms with E-state index < -0.39 is 5.91 Å². The van der Waals surface area contributed by atoms with Crippen LogP contribution in [-0.4, -0.2) is 42.0 Å².